The number of nitrogens with one attached hydrogen (secondary N) is 1. The van der Waals surface area contributed by atoms with Crippen molar-refractivity contribution in [3.63, 3.8) is 0 Å². The topological polar surface area (TPSA) is 66.4 Å². The maximum Gasteiger partial charge on any atom is 0.586 e. The van der Waals surface area contributed by atoms with Crippen LogP contribution in [0.25, 0.3) is 0 Å². The summed E-state index contributed by atoms with van der Waals surface area (Å²) in [6.45, 7) is 5.36. The molecule has 3 rings (SSSR count). The van der Waals surface area contributed by atoms with Crippen molar-refractivity contribution in [2.45, 2.75) is 37.9 Å². The molecule has 1 aromatic carbocycles. The molecule has 0 bridgehead atoms. The van der Waals surface area contributed by atoms with E-state index in [-0.39, 0.29) is 11.5 Å². The maximum atomic E-state index is 13.5. The Bertz CT molecular complexity index is 817. The van der Waals surface area contributed by atoms with Crippen molar-refractivity contribution in [1.29, 1.82) is 0 Å². The molecule has 1 aliphatic rings. The number of ether oxygens (including phenoxy) is 2. The van der Waals surface area contributed by atoms with Gasteiger partial charge in [-0.3, -0.25) is 4.98 Å². The summed E-state index contributed by atoms with van der Waals surface area (Å²) in [6, 6.07) is 6.92. The first-order valence-electron chi connectivity index (χ1n) is 7.76. The fourth-order valence-corrected chi connectivity index (χ4v) is 3.41. The molecule has 0 spiro atoms. The van der Waals surface area contributed by atoms with Crippen LogP contribution in [0, 0.1) is 0 Å². The molecule has 5 nitrogen and oxygen atoms in total. The number of hydrogen-bond donors (Lipinski definition) is 1. The average molecular weight is 403 g/mol. The van der Waals surface area contributed by atoms with Crippen molar-refractivity contribution in [2.24, 2.45) is 0 Å². The number of fused-ring (bicyclic) bond motifs is 1. The first-order valence-corrected chi connectivity index (χ1v) is 9.28. The first kappa shape index (κ1) is 19.2. The lowest BCUT2D eigenvalue weighted by Crippen LogP contribution is -2.42. The third-order valence-corrected chi connectivity index (χ3v) is 5.49. The highest BCUT2D eigenvalue weighted by Crippen LogP contribution is 2.46. The zero-order valence-corrected chi connectivity index (χ0v) is 15.8. The standard InChI is InChI=1S/C17H17ClF2N2O3S/c1-16(2,3)26(23)22-13(14-11(18)7-5-9-21-14)10-6-4-8-12-15(10)25-17(19,20)24-12/h4-9,13,22H,1-3H3/t13-,26?/m0/s1. The molecule has 2 heterocycles. The van der Waals surface area contributed by atoms with Crippen LogP contribution in [0.1, 0.15) is 38.1 Å². The van der Waals surface area contributed by atoms with Gasteiger partial charge in [-0.2, -0.15) is 0 Å². The number of aromatic nitrogens is 1. The van der Waals surface area contributed by atoms with Crippen molar-refractivity contribution < 1.29 is 22.8 Å². The molecule has 0 saturated heterocycles. The number of hydrogen-bond acceptors (Lipinski definition) is 5. The molecule has 2 aromatic rings. The summed E-state index contributed by atoms with van der Waals surface area (Å²) in [4.78, 5) is 4.24. The molecule has 1 unspecified atom stereocenters. The lowest BCUT2D eigenvalue weighted by atomic mass is 10.0. The minimum absolute atomic E-state index is 0.104. The minimum atomic E-state index is -3.76. The van der Waals surface area contributed by atoms with E-state index in [0.717, 1.165) is 0 Å². The number of rotatable bonds is 4. The van der Waals surface area contributed by atoms with Gasteiger partial charge in [0.2, 0.25) is 0 Å². The third kappa shape index (κ3) is 3.88. The third-order valence-electron chi connectivity index (χ3n) is 3.61. The molecule has 2 atom stereocenters. The molecule has 26 heavy (non-hydrogen) atoms. The number of alkyl halides is 2. The van der Waals surface area contributed by atoms with Gasteiger partial charge in [0.25, 0.3) is 0 Å². The van der Waals surface area contributed by atoms with Gasteiger partial charge in [-0.1, -0.05) is 23.7 Å². The zero-order valence-electron chi connectivity index (χ0n) is 14.3. The Kier molecular flexibility index (Phi) is 5.04. The van der Waals surface area contributed by atoms with Crippen LogP contribution in [0.3, 0.4) is 0 Å². The Morgan fingerprint density at radius 1 is 1.23 bits per heavy atom. The summed E-state index contributed by atoms with van der Waals surface area (Å²) >= 11 is 4.73. The Morgan fingerprint density at radius 3 is 2.62 bits per heavy atom. The molecule has 0 fully saturated rings. The molecule has 0 aliphatic carbocycles. The van der Waals surface area contributed by atoms with Crippen LogP contribution < -0.4 is 14.2 Å². The van der Waals surface area contributed by atoms with Gasteiger partial charge in [-0.05, 0) is 39.0 Å². The summed E-state index contributed by atoms with van der Waals surface area (Å²) in [6.07, 6.45) is -2.24. The molecule has 140 valence electrons. The van der Waals surface area contributed by atoms with Crippen LogP contribution in [0.2, 0.25) is 5.02 Å². The smallest absolute Gasteiger partial charge is 0.586 e. The predicted molar refractivity (Wildman–Crippen MR) is 94.8 cm³/mol. The Balaban J connectivity index is 2.09. The number of nitrogens with zero attached hydrogens (tertiary/aromatic N) is 1. The summed E-state index contributed by atoms with van der Waals surface area (Å²) in [7, 11) is 0. The number of para-hydroxylation sites is 1. The normalized spacial score (nSPS) is 17.8. The average Bonchev–Trinajstić information content (AvgIpc) is 2.86. The van der Waals surface area contributed by atoms with Crippen molar-refractivity contribution >= 4 is 23.0 Å². The van der Waals surface area contributed by atoms with Crippen LogP contribution in [0.5, 0.6) is 11.5 Å². The number of pyridine rings is 1. The second-order valence-electron chi connectivity index (χ2n) is 6.64. The fraction of sp³-hybridized carbons (Fsp3) is 0.353. The van der Waals surface area contributed by atoms with Gasteiger partial charge in [0.05, 0.1) is 10.7 Å². The van der Waals surface area contributed by atoms with Gasteiger partial charge in [-0.15, -0.1) is 13.5 Å². The van der Waals surface area contributed by atoms with E-state index < -0.39 is 28.4 Å². The predicted octanol–water partition coefficient (Wildman–Crippen LogP) is 4.20. The van der Waals surface area contributed by atoms with E-state index in [9.17, 15) is 13.3 Å². The van der Waals surface area contributed by atoms with E-state index in [1.165, 1.54) is 12.3 Å². The quantitative estimate of drug-likeness (QED) is 0.776. The van der Waals surface area contributed by atoms with Crippen LogP contribution in [-0.2, 0) is 11.4 Å². The van der Waals surface area contributed by atoms with E-state index in [2.05, 4.69) is 19.2 Å². The van der Waals surface area contributed by atoms with Crippen molar-refractivity contribution in [2.75, 3.05) is 0 Å². The highest BCUT2D eigenvalue weighted by molar-refractivity contribution is 7.90. The number of benzene rings is 1. The molecular formula is C17H17ClF2N2O3S. The van der Waals surface area contributed by atoms with Crippen molar-refractivity contribution in [3.8, 4) is 11.5 Å². The second kappa shape index (κ2) is 6.84. The van der Waals surface area contributed by atoms with E-state index in [1.54, 1.807) is 45.0 Å². The van der Waals surface area contributed by atoms with Gasteiger partial charge >= 0.3 is 6.29 Å². The Hall–Kier alpha value is -1.61. The largest absolute Gasteiger partial charge is 0.598 e. The molecular weight excluding hydrogens is 386 g/mol. The summed E-state index contributed by atoms with van der Waals surface area (Å²) < 4.78 is 51.3. The molecule has 0 amide bonds. The van der Waals surface area contributed by atoms with Crippen molar-refractivity contribution in [1.82, 2.24) is 9.71 Å². The molecule has 1 N–H and O–H groups in total. The van der Waals surface area contributed by atoms with Crippen LogP contribution in [0.4, 0.5) is 8.78 Å². The van der Waals surface area contributed by atoms with E-state index in [4.69, 9.17) is 11.6 Å². The lowest BCUT2D eigenvalue weighted by Gasteiger charge is -2.28. The molecule has 9 heteroatoms. The minimum Gasteiger partial charge on any atom is -0.598 e. The lowest BCUT2D eigenvalue weighted by molar-refractivity contribution is -0.287. The first-order chi connectivity index (χ1) is 12.1. The monoisotopic (exact) mass is 402 g/mol. The van der Waals surface area contributed by atoms with E-state index in [1.807, 2.05) is 0 Å². The summed E-state index contributed by atoms with van der Waals surface area (Å²) in [5.74, 6) is -0.240. The van der Waals surface area contributed by atoms with Gasteiger partial charge in [0, 0.05) is 23.1 Å². The maximum absolute atomic E-state index is 13.5. The fourth-order valence-electron chi connectivity index (χ4n) is 2.38. The highest BCUT2D eigenvalue weighted by Gasteiger charge is 2.46. The Morgan fingerprint density at radius 2 is 1.96 bits per heavy atom. The number of halogens is 3. The van der Waals surface area contributed by atoms with E-state index in [0.29, 0.717) is 16.3 Å². The highest BCUT2D eigenvalue weighted by atomic mass is 35.5. The molecule has 1 aliphatic heterocycles. The summed E-state index contributed by atoms with van der Waals surface area (Å²) in [5, 5.41) is 0.305. The second-order valence-corrected chi connectivity index (χ2v) is 9.05. The zero-order chi connectivity index (χ0) is 19.1. The van der Waals surface area contributed by atoms with Crippen LogP contribution in [0.15, 0.2) is 36.5 Å². The SMILES string of the molecule is CC(C)(C)[S+]([O-])N[C@@H](c1cccc2c1OC(F)(F)O2)c1ncccc1Cl. The van der Waals surface area contributed by atoms with Gasteiger partial charge in [0.15, 0.2) is 11.5 Å². The van der Waals surface area contributed by atoms with Crippen LogP contribution >= 0.6 is 11.6 Å². The van der Waals surface area contributed by atoms with E-state index >= 15 is 0 Å². The van der Waals surface area contributed by atoms with Crippen LogP contribution in [-0.4, -0.2) is 20.6 Å². The summed E-state index contributed by atoms with van der Waals surface area (Å²) in [5.41, 5.74) is 0.650. The van der Waals surface area contributed by atoms with Crippen molar-refractivity contribution in [3.05, 3.63) is 52.8 Å². The Labute approximate surface area is 158 Å². The molecule has 0 radical (unpaired) electrons. The molecule has 0 saturated carbocycles. The molecule has 1 aromatic heterocycles. The van der Waals surface area contributed by atoms with Gasteiger partial charge in [0.1, 0.15) is 10.8 Å². The van der Waals surface area contributed by atoms with Gasteiger partial charge < -0.3 is 14.0 Å². The van der Waals surface area contributed by atoms with Gasteiger partial charge in [-0.25, -0.2) is 0 Å².